The Morgan fingerprint density at radius 1 is 1.15 bits per heavy atom. The molecular formula is C16H28N4. The Morgan fingerprint density at radius 2 is 1.75 bits per heavy atom. The van der Waals surface area contributed by atoms with Gasteiger partial charge in [0.25, 0.3) is 0 Å². The van der Waals surface area contributed by atoms with Gasteiger partial charge in [-0.3, -0.25) is 9.89 Å². The number of benzene rings is 1. The lowest BCUT2D eigenvalue weighted by Crippen LogP contribution is -2.38. The van der Waals surface area contributed by atoms with Crippen molar-refractivity contribution in [1.82, 2.24) is 4.90 Å². The third-order valence-corrected chi connectivity index (χ3v) is 3.23. The predicted octanol–water partition coefficient (Wildman–Crippen LogP) is 2.92. The smallest absolute Gasteiger partial charge is 0.193 e. The molecule has 20 heavy (non-hydrogen) atoms. The second-order valence-electron chi connectivity index (χ2n) is 5.54. The van der Waals surface area contributed by atoms with Gasteiger partial charge in [0, 0.05) is 30.9 Å². The van der Waals surface area contributed by atoms with Crippen LogP contribution in [0.1, 0.15) is 34.1 Å². The van der Waals surface area contributed by atoms with Gasteiger partial charge in [0.05, 0.1) is 0 Å². The highest BCUT2D eigenvalue weighted by Gasteiger charge is 2.11. The van der Waals surface area contributed by atoms with Crippen LogP contribution in [0.2, 0.25) is 0 Å². The van der Waals surface area contributed by atoms with Crippen LogP contribution >= 0.6 is 0 Å². The quantitative estimate of drug-likeness (QED) is 0.457. The standard InChI is InChI=1S/C16H28N4/c1-13(2)20(14(3)4)12-8-11-18-16(17)19-15-9-6-5-7-10-15/h5-7,9-10,13-14H,8,11-12H2,1-4H3,(H3,17,18,19). The largest absolute Gasteiger partial charge is 0.370 e. The molecule has 0 radical (unpaired) electrons. The summed E-state index contributed by atoms with van der Waals surface area (Å²) in [5.74, 6) is 0.483. The number of para-hydroxylation sites is 1. The van der Waals surface area contributed by atoms with E-state index in [9.17, 15) is 0 Å². The first kappa shape index (κ1) is 16.5. The third kappa shape index (κ3) is 6.06. The van der Waals surface area contributed by atoms with Crippen LogP contribution < -0.4 is 11.1 Å². The summed E-state index contributed by atoms with van der Waals surface area (Å²) in [5, 5.41) is 3.09. The molecule has 0 aliphatic rings. The van der Waals surface area contributed by atoms with Crippen molar-refractivity contribution in [1.29, 1.82) is 0 Å². The van der Waals surface area contributed by atoms with E-state index in [1.807, 2.05) is 30.3 Å². The van der Waals surface area contributed by atoms with Gasteiger partial charge in [-0.2, -0.15) is 0 Å². The Bertz CT molecular complexity index is 390. The molecule has 0 spiro atoms. The van der Waals surface area contributed by atoms with Gasteiger partial charge < -0.3 is 11.1 Å². The third-order valence-electron chi connectivity index (χ3n) is 3.23. The maximum absolute atomic E-state index is 5.87. The Balaban J connectivity index is 2.33. The zero-order valence-corrected chi connectivity index (χ0v) is 13.1. The highest BCUT2D eigenvalue weighted by atomic mass is 15.2. The molecular weight excluding hydrogens is 248 g/mol. The van der Waals surface area contributed by atoms with Crippen LogP contribution in [-0.2, 0) is 0 Å². The van der Waals surface area contributed by atoms with E-state index in [4.69, 9.17) is 5.73 Å². The first-order chi connectivity index (χ1) is 9.50. The van der Waals surface area contributed by atoms with Crippen LogP contribution in [0.4, 0.5) is 5.69 Å². The molecule has 0 saturated carbocycles. The Kier molecular flexibility index (Phi) is 7.09. The number of guanidine groups is 1. The minimum Gasteiger partial charge on any atom is -0.370 e. The van der Waals surface area contributed by atoms with Crippen LogP contribution in [0, 0.1) is 0 Å². The summed E-state index contributed by atoms with van der Waals surface area (Å²) in [5.41, 5.74) is 6.84. The molecule has 1 rings (SSSR count). The van der Waals surface area contributed by atoms with E-state index >= 15 is 0 Å². The Morgan fingerprint density at radius 3 is 2.30 bits per heavy atom. The van der Waals surface area contributed by atoms with Crippen molar-refractivity contribution in [2.75, 3.05) is 18.4 Å². The molecule has 0 fully saturated rings. The molecule has 1 aromatic rings. The average molecular weight is 276 g/mol. The number of hydrogen-bond donors (Lipinski definition) is 2. The molecule has 0 heterocycles. The van der Waals surface area contributed by atoms with Crippen molar-refractivity contribution in [2.24, 2.45) is 10.7 Å². The van der Waals surface area contributed by atoms with Gasteiger partial charge in [-0.1, -0.05) is 18.2 Å². The summed E-state index contributed by atoms with van der Waals surface area (Å²) in [6, 6.07) is 11.0. The minimum atomic E-state index is 0.483. The SMILES string of the molecule is CC(C)N(CCCN=C(N)Nc1ccccc1)C(C)C. The van der Waals surface area contributed by atoms with Crippen molar-refractivity contribution in [3.8, 4) is 0 Å². The minimum absolute atomic E-state index is 0.483. The summed E-state index contributed by atoms with van der Waals surface area (Å²) >= 11 is 0. The predicted molar refractivity (Wildman–Crippen MR) is 88.1 cm³/mol. The number of nitrogens with zero attached hydrogens (tertiary/aromatic N) is 2. The van der Waals surface area contributed by atoms with Crippen molar-refractivity contribution < 1.29 is 0 Å². The number of hydrogen-bond acceptors (Lipinski definition) is 2. The van der Waals surface area contributed by atoms with Crippen LogP contribution in [-0.4, -0.2) is 36.0 Å². The summed E-state index contributed by atoms with van der Waals surface area (Å²) in [6.45, 7) is 10.7. The van der Waals surface area contributed by atoms with Crippen LogP contribution in [0.15, 0.2) is 35.3 Å². The van der Waals surface area contributed by atoms with Crippen LogP contribution in [0.5, 0.6) is 0 Å². The molecule has 0 aliphatic heterocycles. The number of nitrogens with two attached hydrogens (primary N) is 1. The first-order valence-corrected chi connectivity index (χ1v) is 7.38. The molecule has 1 aromatic carbocycles. The molecule has 4 heteroatoms. The fourth-order valence-electron chi connectivity index (χ4n) is 2.27. The van der Waals surface area contributed by atoms with E-state index in [-0.39, 0.29) is 0 Å². The number of rotatable bonds is 7. The lowest BCUT2D eigenvalue weighted by atomic mass is 10.2. The van der Waals surface area contributed by atoms with Gasteiger partial charge in [0.2, 0.25) is 0 Å². The highest BCUT2D eigenvalue weighted by molar-refractivity contribution is 5.92. The van der Waals surface area contributed by atoms with Crippen LogP contribution in [0.3, 0.4) is 0 Å². The molecule has 0 aliphatic carbocycles. The zero-order valence-electron chi connectivity index (χ0n) is 13.1. The lowest BCUT2D eigenvalue weighted by Gasteiger charge is -2.30. The first-order valence-electron chi connectivity index (χ1n) is 7.38. The number of aliphatic imine (C=N–C) groups is 1. The maximum atomic E-state index is 5.87. The molecule has 0 unspecified atom stereocenters. The fraction of sp³-hybridized carbons (Fsp3) is 0.562. The zero-order chi connectivity index (χ0) is 15.0. The lowest BCUT2D eigenvalue weighted by molar-refractivity contribution is 0.174. The van der Waals surface area contributed by atoms with E-state index in [0.29, 0.717) is 18.0 Å². The van der Waals surface area contributed by atoms with E-state index in [1.165, 1.54) is 0 Å². The van der Waals surface area contributed by atoms with E-state index < -0.39 is 0 Å². The van der Waals surface area contributed by atoms with Gasteiger partial charge >= 0.3 is 0 Å². The van der Waals surface area contributed by atoms with Gasteiger partial charge in [-0.15, -0.1) is 0 Å². The summed E-state index contributed by atoms with van der Waals surface area (Å²) in [6.07, 6.45) is 1.02. The number of anilines is 1. The Hall–Kier alpha value is -1.55. The van der Waals surface area contributed by atoms with Crippen molar-refractivity contribution >= 4 is 11.6 Å². The summed E-state index contributed by atoms with van der Waals surface area (Å²) in [7, 11) is 0. The molecule has 0 amide bonds. The fourth-order valence-corrected chi connectivity index (χ4v) is 2.27. The Labute approximate surface area is 123 Å². The van der Waals surface area contributed by atoms with Crippen LogP contribution in [0.25, 0.3) is 0 Å². The second kappa shape index (κ2) is 8.59. The van der Waals surface area contributed by atoms with Gasteiger partial charge in [-0.05, 0) is 46.2 Å². The van der Waals surface area contributed by atoms with Crippen molar-refractivity contribution in [2.45, 2.75) is 46.2 Å². The average Bonchev–Trinajstić information content (AvgIpc) is 2.38. The molecule has 4 nitrogen and oxygen atoms in total. The van der Waals surface area contributed by atoms with Crippen molar-refractivity contribution in [3.63, 3.8) is 0 Å². The van der Waals surface area contributed by atoms with E-state index in [1.54, 1.807) is 0 Å². The molecule has 112 valence electrons. The van der Waals surface area contributed by atoms with Gasteiger partial charge in [0.1, 0.15) is 0 Å². The highest BCUT2D eigenvalue weighted by Crippen LogP contribution is 2.06. The summed E-state index contributed by atoms with van der Waals surface area (Å²) in [4.78, 5) is 6.84. The molecule has 0 atom stereocenters. The van der Waals surface area contributed by atoms with E-state index in [0.717, 1.165) is 25.2 Å². The van der Waals surface area contributed by atoms with Gasteiger partial charge in [-0.25, -0.2) is 0 Å². The topological polar surface area (TPSA) is 53.6 Å². The van der Waals surface area contributed by atoms with E-state index in [2.05, 4.69) is 42.9 Å². The molecule has 3 N–H and O–H groups in total. The van der Waals surface area contributed by atoms with Gasteiger partial charge in [0.15, 0.2) is 5.96 Å². The molecule has 0 saturated heterocycles. The number of nitrogens with one attached hydrogen (secondary N) is 1. The summed E-state index contributed by atoms with van der Waals surface area (Å²) < 4.78 is 0. The maximum Gasteiger partial charge on any atom is 0.193 e. The molecule has 0 aromatic heterocycles. The second-order valence-corrected chi connectivity index (χ2v) is 5.54. The normalized spacial score (nSPS) is 12.4. The monoisotopic (exact) mass is 276 g/mol. The van der Waals surface area contributed by atoms with Crippen molar-refractivity contribution in [3.05, 3.63) is 30.3 Å². The molecule has 0 bridgehead atoms.